The van der Waals surface area contributed by atoms with Crippen LogP contribution in [0.15, 0.2) is 18.2 Å². The molecule has 1 aromatic rings. The third-order valence-corrected chi connectivity index (χ3v) is 4.39. The number of nitrogens with one attached hydrogen (secondary N) is 1. The van der Waals surface area contributed by atoms with Gasteiger partial charge in [-0.2, -0.15) is 0 Å². The Morgan fingerprint density at radius 2 is 2.10 bits per heavy atom. The predicted octanol–water partition coefficient (Wildman–Crippen LogP) is 3.56. The molecule has 21 heavy (non-hydrogen) atoms. The van der Waals surface area contributed by atoms with Gasteiger partial charge in [0.1, 0.15) is 5.75 Å². The van der Waals surface area contributed by atoms with Gasteiger partial charge in [-0.1, -0.05) is 18.5 Å². The lowest BCUT2D eigenvalue weighted by atomic mass is 9.97. The fourth-order valence-electron chi connectivity index (χ4n) is 3.09. The lowest BCUT2D eigenvalue weighted by molar-refractivity contribution is 0.197. The standard InChI is InChI=1S/C17H27ClN2O/c1-3-10-20(12-14-6-8-19-9-7-14)13-15-11-16(18)4-5-17(15)21-2/h4-5,11,14,19H,3,6-10,12-13H2,1-2H3. The first-order chi connectivity index (χ1) is 10.2. The van der Waals surface area contributed by atoms with E-state index in [4.69, 9.17) is 16.3 Å². The van der Waals surface area contributed by atoms with Crippen molar-refractivity contribution in [3.63, 3.8) is 0 Å². The molecule has 0 bridgehead atoms. The number of nitrogens with zero attached hydrogens (tertiary/aromatic N) is 1. The van der Waals surface area contributed by atoms with Gasteiger partial charge in [-0.05, 0) is 63.0 Å². The van der Waals surface area contributed by atoms with Crippen molar-refractivity contribution < 1.29 is 4.74 Å². The summed E-state index contributed by atoms with van der Waals surface area (Å²) in [5.74, 6) is 1.74. The Labute approximate surface area is 133 Å². The van der Waals surface area contributed by atoms with Crippen LogP contribution in [0.2, 0.25) is 5.02 Å². The SMILES string of the molecule is CCCN(Cc1cc(Cl)ccc1OC)CC1CCNCC1. The molecule has 1 saturated heterocycles. The Kier molecular flexibility index (Phi) is 6.81. The van der Waals surface area contributed by atoms with Crippen molar-refractivity contribution in [2.45, 2.75) is 32.7 Å². The Morgan fingerprint density at radius 3 is 2.76 bits per heavy atom. The molecule has 0 radical (unpaired) electrons. The molecule has 0 unspecified atom stereocenters. The first-order valence-electron chi connectivity index (χ1n) is 7.98. The van der Waals surface area contributed by atoms with Crippen LogP contribution in [0.5, 0.6) is 5.75 Å². The minimum absolute atomic E-state index is 0.782. The number of piperidine rings is 1. The highest BCUT2D eigenvalue weighted by molar-refractivity contribution is 6.30. The molecule has 0 amide bonds. The van der Waals surface area contributed by atoms with Gasteiger partial charge >= 0.3 is 0 Å². The molecule has 1 aromatic carbocycles. The Morgan fingerprint density at radius 1 is 1.33 bits per heavy atom. The zero-order valence-electron chi connectivity index (χ0n) is 13.2. The molecule has 0 aromatic heterocycles. The maximum Gasteiger partial charge on any atom is 0.123 e. The van der Waals surface area contributed by atoms with Crippen molar-refractivity contribution in [2.75, 3.05) is 33.3 Å². The molecule has 3 nitrogen and oxygen atoms in total. The summed E-state index contributed by atoms with van der Waals surface area (Å²) in [7, 11) is 1.73. The van der Waals surface area contributed by atoms with Gasteiger partial charge in [0, 0.05) is 23.7 Å². The molecule has 0 saturated carbocycles. The van der Waals surface area contributed by atoms with E-state index < -0.39 is 0 Å². The van der Waals surface area contributed by atoms with Gasteiger partial charge < -0.3 is 10.1 Å². The molecule has 1 aliphatic heterocycles. The van der Waals surface area contributed by atoms with Crippen molar-refractivity contribution in [1.29, 1.82) is 0 Å². The molecule has 118 valence electrons. The number of benzene rings is 1. The average molecular weight is 311 g/mol. The van der Waals surface area contributed by atoms with E-state index in [1.54, 1.807) is 7.11 Å². The molecule has 0 atom stereocenters. The fourth-order valence-corrected chi connectivity index (χ4v) is 3.29. The molecule has 1 aliphatic rings. The number of hydrogen-bond acceptors (Lipinski definition) is 3. The first kappa shape index (κ1) is 16.6. The normalized spacial score (nSPS) is 16.4. The highest BCUT2D eigenvalue weighted by Crippen LogP contribution is 2.25. The van der Waals surface area contributed by atoms with E-state index in [-0.39, 0.29) is 0 Å². The number of rotatable bonds is 7. The van der Waals surface area contributed by atoms with Gasteiger partial charge in [0.2, 0.25) is 0 Å². The summed E-state index contributed by atoms with van der Waals surface area (Å²) in [5.41, 5.74) is 1.19. The van der Waals surface area contributed by atoms with Gasteiger partial charge in [0.15, 0.2) is 0 Å². The molecule has 0 spiro atoms. The van der Waals surface area contributed by atoms with Crippen LogP contribution >= 0.6 is 11.6 Å². The van der Waals surface area contributed by atoms with E-state index in [1.165, 1.54) is 31.4 Å². The number of halogens is 1. The van der Waals surface area contributed by atoms with Gasteiger partial charge in [0.25, 0.3) is 0 Å². The van der Waals surface area contributed by atoms with E-state index in [0.29, 0.717) is 0 Å². The summed E-state index contributed by atoms with van der Waals surface area (Å²) in [6, 6.07) is 5.89. The molecule has 2 rings (SSSR count). The number of ether oxygens (including phenoxy) is 1. The van der Waals surface area contributed by atoms with E-state index in [0.717, 1.165) is 42.9 Å². The summed E-state index contributed by atoms with van der Waals surface area (Å²) in [6.07, 6.45) is 3.74. The van der Waals surface area contributed by atoms with E-state index in [1.807, 2.05) is 18.2 Å². The van der Waals surface area contributed by atoms with Crippen LogP contribution in [-0.4, -0.2) is 38.2 Å². The van der Waals surface area contributed by atoms with E-state index >= 15 is 0 Å². The van der Waals surface area contributed by atoms with Crippen LogP contribution in [0.4, 0.5) is 0 Å². The minimum Gasteiger partial charge on any atom is -0.496 e. The van der Waals surface area contributed by atoms with Crippen molar-refractivity contribution >= 4 is 11.6 Å². The van der Waals surface area contributed by atoms with Crippen molar-refractivity contribution in [1.82, 2.24) is 10.2 Å². The zero-order valence-corrected chi connectivity index (χ0v) is 14.0. The zero-order chi connectivity index (χ0) is 15.1. The predicted molar refractivity (Wildman–Crippen MR) is 89.2 cm³/mol. The Balaban J connectivity index is 2.02. The van der Waals surface area contributed by atoms with Gasteiger partial charge in [0.05, 0.1) is 7.11 Å². The van der Waals surface area contributed by atoms with Crippen LogP contribution in [0.1, 0.15) is 31.7 Å². The lowest BCUT2D eigenvalue weighted by Crippen LogP contribution is -2.36. The Bertz CT molecular complexity index is 433. The van der Waals surface area contributed by atoms with E-state index in [9.17, 15) is 0 Å². The largest absolute Gasteiger partial charge is 0.496 e. The third kappa shape index (κ3) is 5.17. The van der Waals surface area contributed by atoms with Crippen LogP contribution in [0, 0.1) is 5.92 Å². The van der Waals surface area contributed by atoms with Gasteiger partial charge in [-0.15, -0.1) is 0 Å². The topological polar surface area (TPSA) is 24.5 Å². The van der Waals surface area contributed by atoms with Gasteiger partial charge in [-0.3, -0.25) is 4.90 Å². The first-order valence-corrected chi connectivity index (χ1v) is 8.36. The van der Waals surface area contributed by atoms with Crippen LogP contribution < -0.4 is 10.1 Å². The van der Waals surface area contributed by atoms with Crippen molar-refractivity contribution in [3.8, 4) is 5.75 Å². The quantitative estimate of drug-likeness (QED) is 0.833. The summed E-state index contributed by atoms with van der Waals surface area (Å²) >= 11 is 6.14. The number of methoxy groups -OCH3 is 1. The maximum atomic E-state index is 6.14. The average Bonchev–Trinajstić information content (AvgIpc) is 2.49. The summed E-state index contributed by atoms with van der Waals surface area (Å²) in [4.78, 5) is 2.55. The van der Waals surface area contributed by atoms with Crippen LogP contribution in [0.25, 0.3) is 0 Å². The van der Waals surface area contributed by atoms with Gasteiger partial charge in [-0.25, -0.2) is 0 Å². The summed E-state index contributed by atoms with van der Waals surface area (Å²) < 4.78 is 5.47. The molecular formula is C17H27ClN2O. The maximum absolute atomic E-state index is 6.14. The van der Waals surface area contributed by atoms with Crippen LogP contribution in [-0.2, 0) is 6.54 Å². The van der Waals surface area contributed by atoms with Crippen LogP contribution in [0.3, 0.4) is 0 Å². The second kappa shape index (κ2) is 8.62. The Hall–Kier alpha value is -0.770. The molecule has 1 N–H and O–H groups in total. The van der Waals surface area contributed by atoms with Crippen molar-refractivity contribution in [2.24, 2.45) is 5.92 Å². The highest BCUT2D eigenvalue weighted by Gasteiger charge is 2.18. The highest BCUT2D eigenvalue weighted by atomic mass is 35.5. The minimum atomic E-state index is 0.782. The fraction of sp³-hybridized carbons (Fsp3) is 0.647. The molecular weight excluding hydrogens is 284 g/mol. The molecule has 1 fully saturated rings. The smallest absolute Gasteiger partial charge is 0.123 e. The molecule has 4 heteroatoms. The molecule has 0 aliphatic carbocycles. The second-order valence-corrected chi connectivity index (χ2v) is 6.32. The summed E-state index contributed by atoms with van der Waals surface area (Å²) in [5, 5.41) is 4.22. The van der Waals surface area contributed by atoms with E-state index in [2.05, 4.69) is 17.1 Å². The molecule has 1 heterocycles. The number of hydrogen-bond donors (Lipinski definition) is 1. The monoisotopic (exact) mass is 310 g/mol. The second-order valence-electron chi connectivity index (χ2n) is 5.88. The lowest BCUT2D eigenvalue weighted by Gasteiger charge is -2.30. The third-order valence-electron chi connectivity index (χ3n) is 4.15. The van der Waals surface area contributed by atoms with Crippen molar-refractivity contribution in [3.05, 3.63) is 28.8 Å². The summed E-state index contributed by atoms with van der Waals surface area (Å²) in [6.45, 7) is 7.77.